The van der Waals surface area contributed by atoms with Crippen molar-refractivity contribution < 1.29 is 19.4 Å². The molecule has 64 valence electrons. The molecule has 0 radical (unpaired) electrons. The van der Waals surface area contributed by atoms with Gasteiger partial charge in [0.05, 0.1) is 0 Å². The normalized spacial score (nSPS) is 12.5. The average Bonchev–Trinajstić information content (AvgIpc) is 2.04. The number of aromatic hydroxyl groups is 1. The van der Waals surface area contributed by atoms with Crippen LogP contribution >= 0.6 is 0 Å². The molecule has 0 heterocycles. The lowest BCUT2D eigenvalue weighted by atomic mass is 10.1. The van der Waals surface area contributed by atoms with Crippen molar-refractivity contribution in [3.05, 3.63) is 29.8 Å². The molecular formula is C8H7FO3. The number of rotatable bonds is 2. The van der Waals surface area contributed by atoms with E-state index in [0.717, 1.165) is 0 Å². The van der Waals surface area contributed by atoms with Crippen LogP contribution in [0.15, 0.2) is 24.3 Å². The highest BCUT2D eigenvalue weighted by Crippen LogP contribution is 2.17. The predicted octanol–water partition coefficient (Wildman–Crippen LogP) is 0.922. The molecule has 0 saturated heterocycles. The topological polar surface area (TPSA) is 57.5 Å². The molecule has 1 rings (SSSR count). The number of benzene rings is 1. The number of phenols is 1. The van der Waals surface area contributed by atoms with Gasteiger partial charge in [-0.3, -0.25) is 4.79 Å². The van der Waals surface area contributed by atoms with Crippen LogP contribution in [-0.4, -0.2) is 16.3 Å². The number of hydrogen-bond acceptors (Lipinski definition) is 3. The molecule has 0 aliphatic carbocycles. The van der Waals surface area contributed by atoms with Crippen LogP contribution in [0.2, 0.25) is 0 Å². The molecule has 3 nitrogen and oxygen atoms in total. The van der Waals surface area contributed by atoms with Gasteiger partial charge in [-0.25, -0.2) is 0 Å². The zero-order valence-electron chi connectivity index (χ0n) is 6.07. The van der Waals surface area contributed by atoms with Crippen molar-refractivity contribution in [2.45, 2.75) is 6.10 Å². The van der Waals surface area contributed by atoms with Crippen LogP contribution in [0.25, 0.3) is 0 Å². The minimum absolute atomic E-state index is 0.00254. The lowest BCUT2D eigenvalue weighted by Crippen LogP contribution is -2.05. The van der Waals surface area contributed by atoms with Gasteiger partial charge in [-0.2, -0.15) is 4.39 Å². The zero-order chi connectivity index (χ0) is 9.14. The molecule has 0 bridgehead atoms. The molecular weight excluding hydrogens is 163 g/mol. The van der Waals surface area contributed by atoms with Crippen molar-refractivity contribution >= 4 is 6.04 Å². The summed E-state index contributed by atoms with van der Waals surface area (Å²) in [6, 6.07) is 3.28. The van der Waals surface area contributed by atoms with Crippen molar-refractivity contribution in [3.8, 4) is 5.75 Å². The summed E-state index contributed by atoms with van der Waals surface area (Å²) in [5.74, 6) is -0.00254. The van der Waals surface area contributed by atoms with Gasteiger partial charge in [-0.05, 0) is 17.7 Å². The summed E-state index contributed by atoms with van der Waals surface area (Å²) in [4.78, 5) is 10.0. The van der Waals surface area contributed by atoms with Gasteiger partial charge in [0, 0.05) is 0 Å². The SMILES string of the molecule is O=C(F)[C@H](O)c1ccc(O)cc1. The smallest absolute Gasteiger partial charge is 0.334 e. The van der Waals surface area contributed by atoms with E-state index in [4.69, 9.17) is 10.2 Å². The molecule has 0 aliphatic heterocycles. The number of aliphatic hydroxyl groups excluding tert-OH is 1. The van der Waals surface area contributed by atoms with E-state index in [9.17, 15) is 9.18 Å². The van der Waals surface area contributed by atoms with Crippen LogP contribution in [0.4, 0.5) is 4.39 Å². The lowest BCUT2D eigenvalue weighted by Gasteiger charge is -2.03. The minimum Gasteiger partial charge on any atom is -0.508 e. The predicted molar refractivity (Wildman–Crippen MR) is 39.2 cm³/mol. The Kier molecular flexibility index (Phi) is 2.40. The maximum atomic E-state index is 11.9. The molecule has 1 aromatic carbocycles. The Labute approximate surface area is 68.1 Å². The van der Waals surface area contributed by atoms with Crippen molar-refractivity contribution in [1.29, 1.82) is 0 Å². The molecule has 2 N–H and O–H groups in total. The summed E-state index contributed by atoms with van der Waals surface area (Å²) in [5.41, 5.74) is 0.125. The summed E-state index contributed by atoms with van der Waals surface area (Å²) in [6.07, 6.45) is -1.74. The van der Waals surface area contributed by atoms with E-state index in [1.807, 2.05) is 0 Å². The van der Waals surface area contributed by atoms with Gasteiger partial charge < -0.3 is 10.2 Å². The van der Waals surface area contributed by atoms with E-state index in [0.29, 0.717) is 0 Å². The first kappa shape index (κ1) is 8.67. The van der Waals surface area contributed by atoms with E-state index in [-0.39, 0.29) is 11.3 Å². The molecule has 0 saturated carbocycles. The lowest BCUT2D eigenvalue weighted by molar-refractivity contribution is -0.138. The number of halogens is 1. The quantitative estimate of drug-likeness (QED) is 0.649. The van der Waals surface area contributed by atoms with Crippen LogP contribution in [0.5, 0.6) is 5.75 Å². The summed E-state index contributed by atoms with van der Waals surface area (Å²) in [5, 5.41) is 17.7. The molecule has 0 spiro atoms. The molecule has 0 fully saturated rings. The molecule has 1 aromatic rings. The highest BCUT2D eigenvalue weighted by Gasteiger charge is 2.15. The van der Waals surface area contributed by atoms with E-state index < -0.39 is 12.1 Å². The number of carbonyl (C=O) groups excluding carboxylic acids is 1. The third kappa shape index (κ3) is 1.79. The van der Waals surface area contributed by atoms with Crippen molar-refractivity contribution in [3.63, 3.8) is 0 Å². The molecule has 1 atom stereocenters. The molecule has 0 unspecified atom stereocenters. The molecule has 0 aromatic heterocycles. The second kappa shape index (κ2) is 3.32. The number of phenolic OH excluding ortho intramolecular Hbond substituents is 1. The molecule has 0 amide bonds. The summed E-state index contributed by atoms with van der Waals surface area (Å²) in [6.45, 7) is 0. The van der Waals surface area contributed by atoms with E-state index >= 15 is 0 Å². The fraction of sp³-hybridized carbons (Fsp3) is 0.125. The van der Waals surface area contributed by atoms with Gasteiger partial charge in [0.2, 0.25) is 0 Å². The van der Waals surface area contributed by atoms with Gasteiger partial charge >= 0.3 is 6.04 Å². The Bertz CT molecular complexity index is 281. The first-order valence-electron chi connectivity index (χ1n) is 3.27. The first-order valence-corrected chi connectivity index (χ1v) is 3.27. The minimum atomic E-state index is -1.80. The molecule has 0 aliphatic rings. The van der Waals surface area contributed by atoms with Gasteiger partial charge in [-0.1, -0.05) is 12.1 Å². The van der Waals surface area contributed by atoms with E-state index in [2.05, 4.69) is 0 Å². The Hall–Kier alpha value is -1.42. The summed E-state index contributed by atoms with van der Waals surface area (Å²) < 4.78 is 11.9. The zero-order valence-corrected chi connectivity index (χ0v) is 6.07. The average molecular weight is 170 g/mol. The largest absolute Gasteiger partial charge is 0.508 e. The third-order valence-electron chi connectivity index (χ3n) is 1.42. The van der Waals surface area contributed by atoms with E-state index in [1.165, 1.54) is 24.3 Å². The fourth-order valence-corrected chi connectivity index (χ4v) is 0.788. The standard InChI is InChI=1S/C8H7FO3/c9-8(12)7(11)5-1-3-6(10)4-2-5/h1-4,7,10-11H/t7-/m1/s1. The third-order valence-corrected chi connectivity index (χ3v) is 1.42. The second-order valence-corrected chi connectivity index (χ2v) is 2.30. The fourth-order valence-electron chi connectivity index (χ4n) is 0.788. The van der Waals surface area contributed by atoms with Crippen LogP contribution in [0.3, 0.4) is 0 Å². The van der Waals surface area contributed by atoms with Gasteiger partial charge in [0.15, 0.2) is 6.10 Å². The second-order valence-electron chi connectivity index (χ2n) is 2.30. The highest BCUT2D eigenvalue weighted by atomic mass is 19.1. The van der Waals surface area contributed by atoms with Crippen molar-refractivity contribution in [2.24, 2.45) is 0 Å². The number of carbonyl (C=O) groups is 1. The Morgan fingerprint density at radius 2 is 1.83 bits per heavy atom. The van der Waals surface area contributed by atoms with Crippen LogP contribution < -0.4 is 0 Å². The maximum Gasteiger partial charge on any atom is 0.334 e. The van der Waals surface area contributed by atoms with Crippen LogP contribution in [0.1, 0.15) is 11.7 Å². The van der Waals surface area contributed by atoms with Crippen molar-refractivity contribution in [2.75, 3.05) is 0 Å². The Balaban J connectivity index is 2.89. The molecule has 4 heteroatoms. The summed E-state index contributed by atoms with van der Waals surface area (Å²) >= 11 is 0. The van der Waals surface area contributed by atoms with Crippen LogP contribution in [-0.2, 0) is 4.79 Å². The number of hydrogen-bond donors (Lipinski definition) is 2. The van der Waals surface area contributed by atoms with Crippen LogP contribution in [0, 0.1) is 0 Å². The Morgan fingerprint density at radius 3 is 2.25 bits per heavy atom. The molecule has 12 heavy (non-hydrogen) atoms. The van der Waals surface area contributed by atoms with E-state index in [1.54, 1.807) is 0 Å². The van der Waals surface area contributed by atoms with Crippen molar-refractivity contribution in [1.82, 2.24) is 0 Å². The maximum absolute atomic E-state index is 11.9. The van der Waals surface area contributed by atoms with Gasteiger partial charge in [-0.15, -0.1) is 0 Å². The Morgan fingerprint density at radius 1 is 1.33 bits per heavy atom. The summed E-state index contributed by atoms with van der Waals surface area (Å²) in [7, 11) is 0. The number of aliphatic hydroxyl groups is 1. The van der Waals surface area contributed by atoms with Gasteiger partial charge in [0.1, 0.15) is 5.75 Å². The first-order chi connectivity index (χ1) is 5.61. The van der Waals surface area contributed by atoms with Gasteiger partial charge in [0.25, 0.3) is 0 Å². The monoisotopic (exact) mass is 170 g/mol. The highest BCUT2D eigenvalue weighted by molar-refractivity contribution is 5.74.